The molecule has 0 amide bonds. The van der Waals surface area contributed by atoms with Crippen LogP contribution in [0.15, 0.2) is 37.0 Å². The van der Waals surface area contributed by atoms with Gasteiger partial charge in [-0.15, -0.1) is 0 Å². The van der Waals surface area contributed by atoms with E-state index in [0.717, 1.165) is 12.2 Å². The number of allylic oxidation sites excluding steroid dienone is 4. The Morgan fingerprint density at radius 2 is 1.20 bits per heavy atom. The van der Waals surface area contributed by atoms with E-state index in [2.05, 4.69) is 13.2 Å². The Morgan fingerprint density at radius 3 is 1.30 bits per heavy atom. The molecule has 0 saturated carbocycles. The van der Waals surface area contributed by atoms with Crippen molar-refractivity contribution in [1.82, 2.24) is 0 Å². The Balaban J connectivity index is 0. The van der Waals surface area contributed by atoms with E-state index >= 15 is 0 Å². The van der Waals surface area contributed by atoms with Gasteiger partial charge in [-0.2, -0.15) is 0 Å². The van der Waals surface area contributed by atoms with Crippen LogP contribution in [0.3, 0.4) is 0 Å². The molecular formula is C8H12F2. The maximum Gasteiger partial charge on any atom is 0.158 e. The molecule has 0 aliphatic heterocycles. The second kappa shape index (κ2) is 8.08. The average molecular weight is 146 g/mol. The predicted octanol–water partition coefficient (Wildman–Crippen LogP) is 3.54. The topological polar surface area (TPSA) is 0 Å². The highest BCUT2D eigenvalue weighted by Crippen LogP contribution is 2.08. The molecule has 0 atom stereocenters. The monoisotopic (exact) mass is 146 g/mol. The lowest BCUT2D eigenvalue weighted by atomic mass is 10.4. The molecule has 0 unspecified atom stereocenters. The molecular weight excluding hydrogens is 134 g/mol. The van der Waals surface area contributed by atoms with Gasteiger partial charge in [-0.25, -0.2) is 8.78 Å². The highest BCUT2D eigenvalue weighted by Gasteiger charge is 1.93. The maximum absolute atomic E-state index is 11.8. The van der Waals surface area contributed by atoms with Gasteiger partial charge in [0.1, 0.15) is 0 Å². The zero-order valence-corrected chi connectivity index (χ0v) is 6.32. The fraction of sp³-hybridized carbons (Fsp3) is 0.250. The lowest BCUT2D eigenvalue weighted by Gasteiger charge is -1.83. The second-order valence-electron chi connectivity index (χ2n) is 1.10. The first kappa shape index (κ1) is 11.8. The van der Waals surface area contributed by atoms with E-state index in [4.69, 9.17) is 0 Å². The van der Waals surface area contributed by atoms with Crippen molar-refractivity contribution in [3.63, 3.8) is 0 Å². The summed E-state index contributed by atoms with van der Waals surface area (Å²) in [7, 11) is 0. The van der Waals surface area contributed by atoms with Crippen LogP contribution in [0, 0.1) is 0 Å². The maximum atomic E-state index is 11.8. The van der Waals surface area contributed by atoms with Crippen molar-refractivity contribution in [2.75, 3.05) is 0 Å². The van der Waals surface area contributed by atoms with Gasteiger partial charge in [0.15, 0.2) is 11.7 Å². The minimum Gasteiger partial charge on any atom is -0.204 e. The summed E-state index contributed by atoms with van der Waals surface area (Å²) in [5.74, 6) is -1.94. The fourth-order valence-electron chi connectivity index (χ4n) is 0.195. The SMILES string of the molecule is C=C/C(F)=C(/F)C=C.CC. The summed E-state index contributed by atoms with van der Waals surface area (Å²) in [6, 6.07) is 0. The third kappa shape index (κ3) is 5.22. The predicted molar refractivity (Wildman–Crippen MR) is 41.0 cm³/mol. The molecule has 0 bridgehead atoms. The molecule has 0 spiro atoms. The normalized spacial score (nSPS) is 10.4. The molecule has 0 aliphatic carbocycles. The highest BCUT2D eigenvalue weighted by molar-refractivity contribution is 5.19. The van der Waals surface area contributed by atoms with Crippen molar-refractivity contribution in [2.45, 2.75) is 13.8 Å². The van der Waals surface area contributed by atoms with Crippen molar-refractivity contribution in [2.24, 2.45) is 0 Å². The molecule has 0 saturated heterocycles. The van der Waals surface area contributed by atoms with Crippen molar-refractivity contribution in [1.29, 1.82) is 0 Å². The van der Waals surface area contributed by atoms with Gasteiger partial charge in [0.05, 0.1) is 0 Å². The third-order valence-corrected chi connectivity index (χ3v) is 0.587. The van der Waals surface area contributed by atoms with Crippen molar-refractivity contribution in [3.8, 4) is 0 Å². The van der Waals surface area contributed by atoms with Crippen LogP contribution >= 0.6 is 0 Å². The highest BCUT2D eigenvalue weighted by atomic mass is 19.2. The van der Waals surface area contributed by atoms with E-state index < -0.39 is 11.7 Å². The molecule has 0 heterocycles. The smallest absolute Gasteiger partial charge is 0.158 e. The summed E-state index contributed by atoms with van der Waals surface area (Å²) < 4.78 is 23.7. The lowest BCUT2D eigenvalue weighted by molar-refractivity contribution is 0.574. The summed E-state index contributed by atoms with van der Waals surface area (Å²) in [4.78, 5) is 0. The quantitative estimate of drug-likeness (QED) is 0.523. The van der Waals surface area contributed by atoms with Crippen LogP contribution in [0.4, 0.5) is 8.78 Å². The minimum atomic E-state index is -0.972. The number of hydrogen-bond donors (Lipinski definition) is 0. The molecule has 0 fully saturated rings. The molecule has 10 heavy (non-hydrogen) atoms. The van der Waals surface area contributed by atoms with Crippen LogP contribution in [-0.4, -0.2) is 0 Å². The van der Waals surface area contributed by atoms with E-state index in [1.807, 2.05) is 13.8 Å². The van der Waals surface area contributed by atoms with Gasteiger partial charge >= 0.3 is 0 Å². The standard InChI is InChI=1S/C6H6F2.C2H6/c1-3-5(7)6(8)4-2;1-2/h3-4H,1-2H2;1-2H3/b6-5-;. The molecule has 0 nitrogen and oxygen atoms in total. The lowest BCUT2D eigenvalue weighted by Crippen LogP contribution is -1.67. The van der Waals surface area contributed by atoms with Gasteiger partial charge in [0, 0.05) is 0 Å². The van der Waals surface area contributed by atoms with Gasteiger partial charge in [0.2, 0.25) is 0 Å². The van der Waals surface area contributed by atoms with Gasteiger partial charge < -0.3 is 0 Å². The van der Waals surface area contributed by atoms with E-state index in [9.17, 15) is 8.78 Å². The summed E-state index contributed by atoms with van der Waals surface area (Å²) in [6.07, 6.45) is 1.58. The van der Waals surface area contributed by atoms with Gasteiger partial charge in [0.25, 0.3) is 0 Å². The molecule has 0 aliphatic rings. The number of hydrogen-bond acceptors (Lipinski definition) is 0. The summed E-state index contributed by atoms with van der Waals surface area (Å²) in [5.41, 5.74) is 0. The minimum absolute atomic E-state index is 0.789. The van der Waals surface area contributed by atoms with Crippen LogP contribution in [0.2, 0.25) is 0 Å². The van der Waals surface area contributed by atoms with E-state index in [0.29, 0.717) is 0 Å². The van der Waals surface area contributed by atoms with Gasteiger partial charge in [-0.1, -0.05) is 27.0 Å². The Kier molecular flexibility index (Phi) is 9.56. The first-order valence-corrected chi connectivity index (χ1v) is 3.02. The van der Waals surface area contributed by atoms with Crippen LogP contribution in [0.1, 0.15) is 13.8 Å². The zero-order valence-electron chi connectivity index (χ0n) is 6.32. The largest absolute Gasteiger partial charge is 0.204 e. The Morgan fingerprint density at radius 1 is 1.00 bits per heavy atom. The Bertz CT molecular complexity index is 118. The molecule has 0 aromatic heterocycles. The average Bonchev–Trinajstić information content (AvgIpc) is 2.05. The molecule has 2 heteroatoms. The molecule has 0 rings (SSSR count). The molecule has 0 radical (unpaired) electrons. The first-order valence-electron chi connectivity index (χ1n) is 3.02. The van der Waals surface area contributed by atoms with Gasteiger partial charge in [-0.3, -0.25) is 0 Å². The Hall–Kier alpha value is -0.920. The van der Waals surface area contributed by atoms with Crippen molar-refractivity contribution in [3.05, 3.63) is 37.0 Å². The summed E-state index contributed by atoms with van der Waals surface area (Å²) in [6.45, 7) is 10.0. The Labute approximate surface area is 60.6 Å². The summed E-state index contributed by atoms with van der Waals surface area (Å²) in [5, 5.41) is 0. The fourth-order valence-corrected chi connectivity index (χ4v) is 0.195. The second-order valence-corrected chi connectivity index (χ2v) is 1.10. The van der Waals surface area contributed by atoms with Crippen LogP contribution in [0.25, 0.3) is 0 Å². The molecule has 58 valence electrons. The van der Waals surface area contributed by atoms with Crippen LogP contribution < -0.4 is 0 Å². The van der Waals surface area contributed by atoms with E-state index in [1.165, 1.54) is 0 Å². The van der Waals surface area contributed by atoms with Crippen LogP contribution in [-0.2, 0) is 0 Å². The zero-order chi connectivity index (χ0) is 8.57. The molecule has 0 N–H and O–H groups in total. The van der Waals surface area contributed by atoms with Gasteiger partial charge in [-0.05, 0) is 12.2 Å². The first-order chi connectivity index (χ1) is 4.72. The van der Waals surface area contributed by atoms with Crippen molar-refractivity contribution < 1.29 is 8.78 Å². The van der Waals surface area contributed by atoms with E-state index in [1.54, 1.807) is 0 Å². The number of halogens is 2. The third-order valence-electron chi connectivity index (χ3n) is 0.587. The van der Waals surface area contributed by atoms with Crippen LogP contribution in [0.5, 0.6) is 0 Å². The van der Waals surface area contributed by atoms with E-state index in [-0.39, 0.29) is 0 Å². The van der Waals surface area contributed by atoms with Crippen molar-refractivity contribution >= 4 is 0 Å². The number of rotatable bonds is 2. The molecule has 0 aromatic carbocycles. The molecule has 0 aromatic rings. The summed E-state index contributed by atoms with van der Waals surface area (Å²) >= 11 is 0.